The van der Waals surface area contributed by atoms with Crippen LogP contribution in [0.2, 0.25) is 0 Å². The highest BCUT2D eigenvalue weighted by molar-refractivity contribution is 5.93. The molecule has 2 aromatic rings. The zero-order valence-electron chi connectivity index (χ0n) is 10.2. The monoisotopic (exact) mass is 246 g/mol. The number of rotatable bonds is 2. The van der Waals surface area contributed by atoms with Crippen molar-refractivity contribution in [3.05, 3.63) is 40.4 Å². The first-order chi connectivity index (χ1) is 8.50. The number of amides is 1. The van der Waals surface area contributed by atoms with E-state index in [1.807, 2.05) is 13.8 Å². The molecule has 1 heterocycles. The summed E-state index contributed by atoms with van der Waals surface area (Å²) in [6.07, 6.45) is 0. The van der Waals surface area contributed by atoms with Gasteiger partial charge in [0.25, 0.3) is 11.5 Å². The molecule has 0 atom stereocenters. The first-order valence-corrected chi connectivity index (χ1v) is 5.58. The fourth-order valence-corrected chi connectivity index (χ4v) is 1.63. The van der Waals surface area contributed by atoms with E-state index in [1.54, 1.807) is 24.3 Å². The average Bonchev–Trinajstić information content (AvgIpc) is 2.33. The third-order valence-corrected chi connectivity index (χ3v) is 2.43. The third-order valence-electron chi connectivity index (χ3n) is 2.43. The van der Waals surface area contributed by atoms with E-state index in [2.05, 4.69) is 10.3 Å². The minimum atomic E-state index is -0.463. The Morgan fingerprint density at radius 1 is 1.39 bits per heavy atom. The van der Waals surface area contributed by atoms with Crippen LogP contribution in [-0.2, 0) is 0 Å². The summed E-state index contributed by atoms with van der Waals surface area (Å²) in [6, 6.07) is 6.71. The Balaban J connectivity index is 2.62. The topological polar surface area (TPSA) is 90.0 Å². The molecular weight excluding hydrogens is 232 g/mol. The molecule has 0 radical (unpaired) electrons. The van der Waals surface area contributed by atoms with Crippen LogP contribution in [0.3, 0.4) is 0 Å². The van der Waals surface area contributed by atoms with Crippen molar-refractivity contribution in [2.45, 2.75) is 19.9 Å². The summed E-state index contributed by atoms with van der Waals surface area (Å²) in [5, 5.41) is 3.04. The lowest BCUT2D eigenvalue weighted by atomic mass is 10.2. The number of hydrogen-bond acceptors (Lipinski definition) is 4. The fourth-order valence-electron chi connectivity index (χ4n) is 1.63. The molecule has 0 aliphatic carbocycles. The van der Waals surface area contributed by atoms with Crippen LogP contribution in [-0.4, -0.2) is 21.6 Å². The van der Waals surface area contributed by atoms with Gasteiger partial charge in [0.2, 0.25) is 5.82 Å². The molecule has 0 unspecified atom stereocenters. The zero-order valence-corrected chi connectivity index (χ0v) is 10.2. The largest absolute Gasteiger partial charge is 0.347 e. The van der Waals surface area contributed by atoms with Crippen molar-refractivity contribution in [1.29, 1.82) is 0 Å². The van der Waals surface area contributed by atoms with Gasteiger partial charge in [-0.2, -0.15) is 0 Å². The molecule has 0 spiro atoms. The predicted molar refractivity (Wildman–Crippen MR) is 68.8 cm³/mol. The lowest BCUT2D eigenvalue weighted by Gasteiger charge is -2.11. The van der Waals surface area contributed by atoms with Crippen LogP contribution in [0.25, 0.3) is 10.9 Å². The van der Waals surface area contributed by atoms with Crippen molar-refractivity contribution < 1.29 is 4.79 Å². The second-order valence-corrected chi connectivity index (χ2v) is 4.26. The highest BCUT2D eigenvalue weighted by Crippen LogP contribution is 2.06. The minimum Gasteiger partial charge on any atom is -0.347 e. The molecule has 94 valence electrons. The van der Waals surface area contributed by atoms with E-state index in [0.717, 1.165) is 4.68 Å². The normalized spacial score (nSPS) is 10.8. The van der Waals surface area contributed by atoms with Gasteiger partial charge in [0.05, 0.1) is 10.9 Å². The van der Waals surface area contributed by atoms with E-state index in [-0.39, 0.29) is 11.9 Å². The maximum absolute atomic E-state index is 12.0. The Morgan fingerprint density at radius 3 is 2.72 bits per heavy atom. The fraction of sp³-hybridized carbons (Fsp3) is 0.250. The smallest absolute Gasteiger partial charge is 0.289 e. The van der Waals surface area contributed by atoms with Gasteiger partial charge in [-0.3, -0.25) is 9.59 Å². The van der Waals surface area contributed by atoms with Gasteiger partial charge in [0.15, 0.2) is 0 Å². The van der Waals surface area contributed by atoms with Crippen molar-refractivity contribution in [3.63, 3.8) is 0 Å². The standard InChI is InChI=1S/C12H14N4O2/c1-7(2)14-11(17)10-15-9-6-4-3-5-8(9)12(18)16(10)13/h3-7H,13H2,1-2H3,(H,14,17). The van der Waals surface area contributed by atoms with Crippen LogP contribution >= 0.6 is 0 Å². The number of nitrogens with zero attached hydrogens (tertiary/aromatic N) is 2. The van der Waals surface area contributed by atoms with Crippen LogP contribution in [0, 0.1) is 0 Å². The van der Waals surface area contributed by atoms with Gasteiger partial charge in [0.1, 0.15) is 0 Å². The molecule has 0 bridgehead atoms. The first-order valence-electron chi connectivity index (χ1n) is 5.58. The molecule has 3 N–H and O–H groups in total. The van der Waals surface area contributed by atoms with Gasteiger partial charge in [-0.25, -0.2) is 9.66 Å². The van der Waals surface area contributed by atoms with Crippen LogP contribution in [0.15, 0.2) is 29.1 Å². The molecule has 1 amide bonds. The van der Waals surface area contributed by atoms with Crippen molar-refractivity contribution in [3.8, 4) is 0 Å². The molecule has 0 aliphatic rings. The van der Waals surface area contributed by atoms with Gasteiger partial charge < -0.3 is 11.2 Å². The molecule has 6 nitrogen and oxygen atoms in total. The van der Waals surface area contributed by atoms with E-state index >= 15 is 0 Å². The Kier molecular flexibility index (Phi) is 3.01. The van der Waals surface area contributed by atoms with Gasteiger partial charge >= 0.3 is 0 Å². The molecule has 6 heteroatoms. The molecule has 0 saturated carbocycles. The molecule has 1 aromatic heterocycles. The number of fused-ring (bicyclic) bond motifs is 1. The van der Waals surface area contributed by atoms with E-state index < -0.39 is 11.5 Å². The van der Waals surface area contributed by atoms with Gasteiger partial charge in [-0.15, -0.1) is 0 Å². The van der Waals surface area contributed by atoms with Crippen molar-refractivity contribution >= 4 is 16.8 Å². The summed E-state index contributed by atoms with van der Waals surface area (Å²) in [7, 11) is 0. The predicted octanol–water partition coefficient (Wildman–Crippen LogP) is 0.249. The summed E-state index contributed by atoms with van der Waals surface area (Å²) in [5.74, 6) is 5.05. The summed E-state index contributed by atoms with van der Waals surface area (Å²) in [6.45, 7) is 3.63. The Hall–Kier alpha value is -2.37. The summed E-state index contributed by atoms with van der Waals surface area (Å²) < 4.78 is 0.778. The van der Waals surface area contributed by atoms with Gasteiger partial charge in [0, 0.05) is 6.04 Å². The zero-order chi connectivity index (χ0) is 13.3. The van der Waals surface area contributed by atoms with Crippen LogP contribution < -0.4 is 16.7 Å². The van der Waals surface area contributed by atoms with Crippen molar-refractivity contribution in [2.24, 2.45) is 0 Å². The molecule has 0 saturated heterocycles. The highest BCUT2D eigenvalue weighted by Gasteiger charge is 2.16. The third kappa shape index (κ3) is 2.04. The number of nitrogens with one attached hydrogen (secondary N) is 1. The number of benzene rings is 1. The van der Waals surface area contributed by atoms with Gasteiger partial charge in [-0.1, -0.05) is 12.1 Å². The number of nitrogens with two attached hydrogens (primary N) is 1. The van der Waals surface area contributed by atoms with Crippen molar-refractivity contribution in [1.82, 2.24) is 15.0 Å². The average molecular weight is 246 g/mol. The Bertz CT molecular complexity index is 661. The van der Waals surface area contributed by atoms with Crippen molar-refractivity contribution in [2.75, 3.05) is 5.84 Å². The quantitative estimate of drug-likeness (QED) is 0.743. The minimum absolute atomic E-state index is 0.0547. The number of nitrogen functional groups attached to an aromatic ring is 1. The molecule has 0 fully saturated rings. The van der Waals surface area contributed by atoms with E-state index in [1.165, 1.54) is 0 Å². The lowest BCUT2D eigenvalue weighted by Crippen LogP contribution is -2.39. The molecular formula is C12H14N4O2. The molecule has 0 aliphatic heterocycles. The lowest BCUT2D eigenvalue weighted by molar-refractivity contribution is 0.0929. The first kappa shape index (κ1) is 12.1. The second kappa shape index (κ2) is 4.48. The number of aromatic nitrogens is 2. The van der Waals surface area contributed by atoms with Crippen LogP contribution in [0.5, 0.6) is 0 Å². The summed E-state index contributed by atoms with van der Waals surface area (Å²) in [5.41, 5.74) is 0.0209. The van der Waals surface area contributed by atoms with E-state index in [4.69, 9.17) is 5.84 Å². The summed E-state index contributed by atoms with van der Waals surface area (Å²) >= 11 is 0. The number of para-hydroxylation sites is 1. The Labute approximate surface area is 103 Å². The number of carbonyl (C=O) groups is 1. The summed E-state index contributed by atoms with van der Waals surface area (Å²) in [4.78, 5) is 27.9. The maximum atomic E-state index is 12.0. The maximum Gasteiger partial charge on any atom is 0.289 e. The Morgan fingerprint density at radius 2 is 2.06 bits per heavy atom. The second-order valence-electron chi connectivity index (χ2n) is 4.26. The number of hydrogen-bond donors (Lipinski definition) is 2. The van der Waals surface area contributed by atoms with E-state index in [9.17, 15) is 9.59 Å². The van der Waals surface area contributed by atoms with Crippen LogP contribution in [0.4, 0.5) is 0 Å². The van der Waals surface area contributed by atoms with E-state index in [0.29, 0.717) is 10.9 Å². The molecule has 1 aromatic carbocycles. The SMILES string of the molecule is CC(C)NC(=O)c1nc2ccccc2c(=O)n1N. The highest BCUT2D eigenvalue weighted by atomic mass is 16.2. The number of carbonyl (C=O) groups excluding carboxylic acids is 1. The molecule has 2 rings (SSSR count). The van der Waals surface area contributed by atoms with Crippen LogP contribution in [0.1, 0.15) is 24.5 Å². The molecule has 18 heavy (non-hydrogen) atoms. The van der Waals surface area contributed by atoms with Gasteiger partial charge in [-0.05, 0) is 26.0 Å².